The topological polar surface area (TPSA) is 81.7 Å². The van der Waals surface area contributed by atoms with E-state index in [1.54, 1.807) is 14.2 Å². The van der Waals surface area contributed by atoms with Crippen LogP contribution in [0.2, 0.25) is 0 Å². The SMILES string of the molecule is CCCCOC(C)Oc1ccc(-c2ccc3c(c2)C=C(C(=O)Nc2ccc(CN(C)C4CCOCC4)cc2)CCN3Cc2cc(OC)ccc2OC)cc1. The quantitative estimate of drug-likeness (QED) is 0.0904. The molecule has 54 heavy (non-hydrogen) atoms. The van der Waals surface area contributed by atoms with Crippen LogP contribution in [-0.2, 0) is 27.4 Å². The molecule has 1 amide bonds. The Labute approximate surface area is 320 Å². The van der Waals surface area contributed by atoms with Gasteiger partial charge in [0.25, 0.3) is 5.91 Å². The summed E-state index contributed by atoms with van der Waals surface area (Å²) in [7, 11) is 5.53. The number of hydrogen-bond donors (Lipinski definition) is 1. The number of benzene rings is 4. The Hall–Kier alpha value is -4.83. The second kappa shape index (κ2) is 19.0. The Morgan fingerprint density at radius 1 is 0.926 bits per heavy atom. The monoisotopic (exact) mass is 733 g/mol. The number of anilines is 2. The molecule has 4 aromatic carbocycles. The van der Waals surface area contributed by atoms with E-state index >= 15 is 0 Å². The van der Waals surface area contributed by atoms with Gasteiger partial charge in [0.05, 0.1) is 20.8 Å². The maximum Gasteiger partial charge on any atom is 0.251 e. The molecule has 0 bridgehead atoms. The van der Waals surface area contributed by atoms with Crippen LogP contribution in [0.1, 0.15) is 62.6 Å². The molecule has 0 aliphatic carbocycles. The van der Waals surface area contributed by atoms with Gasteiger partial charge in [-0.05, 0) is 123 Å². The zero-order valence-corrected chi connectivity index (χ0v) is 32.4. The lowest BCUT2D eigenvalue weighted by atomic mass is 10.00. The van der Waals surface area contributed by atoms with Gasteiger partial charge >= 0.3 is 0 Å². The number of fused-ring (bicyclic) bond motifs is 1. The molecule has 1 atom stereocenters. The van der Waals surface area contributed by atoms with Gasteiger partial charge in [0.2, 0.25) is 0 Å². The Kier molecular flexibility index (Phi) is 13.7. The van der Waals surface area contributed by atoms with Crippen LogP contribution in [0.5, 0.6) is 17.2 Å². The van der Waals surface area contributed by atoms with Crippen LogP contribution >= 0.6 is 0 Å². The molecular weight excluding hydrogens is 679 g/mol. The fourth-order valence-corrected chi connectivity index (χ4v) is 7.12. The van der Waals surface area contributed by atoms with Crippen LogP contribution in [0.3, 0.4) is 0 Å². The van der Waals surface area contributed by atoms with Crippen molar-refractivity contribution in [1.82, 2.24) is 4.90 Å². The van der Waals surface area contributed by atoms with Crippen LogP contribution in [0.25, 0.3) is 17.2 Å². The van der Waals surface area contributed by atoms with Crippen LogP contribution in [0.4, 0.5) is 11.4 Å². The van der Waals surface area contributed by atoms with Crippen molar-refractivity contribution in [2.75, 3.05) is 57.8 Å². The summed E-state index contributed by atoms with van der Waals surface area (Å²) in [5.74, 6) is 2.22. The molecule has 9 heteroatoms. The Morgan fingerprint density at radius 3 is 2.39 bits per heavy atom. The standard InChI is InChI=1S/C45H55N3O6/c1-6-7-24-53-32(2)54-41-15-10-34(11-16-41)35-12-18-43-37(27-35)28-36(20-23-48(43)31-38-29-42(50-4)17-19-44(38)51-5)45(49)46-39-13-8-33(9-14-39)30-47(3)40-21-25-52-26-22-40/h8-19,27-29,32,40H,6-7,20-26,30-31H2,1-5H3,(H,46,49). The van der Waals surface area contributed by atoms with Crippen molar-refractivity contribution in [3.63, 3.8) is 0 Å². The lowest BCUT2D eigenvalue weighted by molar-refractivity contribution is -0.112. The van der Waals surface area contributed by atoms with Gasteiger partial charge in [-0.25, -0.2) is 0 Å². The van der Waals surface area contributed by atoms with Crippen molar-refractivity contribution in [3.8, 4) is 28.4 Å². The van der Waals surface area contributed by atoms with Crippen LogP contribution in [0.15, 0.2) is 90.5 Å². The minimum absolute atomic E-state index is 0.101. The first-order valence-corrected chi connectivity index (χ1v) is 19.2. The largest absolute Gasteiger partial charge is 0.497 e. The van der Waals surface area contributed by atoms with Gasteiger partial charge in [-0.3, -0.25) is 9.69 Å². The average Bonchev–Trinajstić information content (AvgIpc) is 3.38. The van der Waals surface area contributed by atoms with Crippen LogP contribution in [0, 0.1) is 0 Å². The minimum Gasteiger partial charge on any atom is -0.497 e. The molecule has 0 aromatic heterocycles. The Bertz CT molecular complexity index is 1850. The highest BCUT2D eigenvalue weighted by Gasteiger charge is 2.23. The highest BCUT2D eigenvalue weighted by Crippen LogP contribution is 2.36. The molecule has 1 saturated heterocycles. The molecule has 2 heterocycles. The second-order valence-corrected chi connectivity index (χ2v) is 14.1. The molecule has 6 rings (SSSR count). The third-order valence-electron chi connectivity index (χ3n) is 10.3. The van der Waals surface area contributed by atoms with Crippen LogP contribution in [-0.4, -0.2) is 70.8 Å². The fraction of sp³-hybridized carbons (Fsp3) is 0.400. The third-order valence-corrected chi connectivity index (χ3v) is 10.3. The first-order chi connectivity index (χ1) is 26.3. The van der Waals surface area contributed by atoms with Crippen molar-refractivity contribution in [2.24, 2.45) is 0 Å². The highest BCUT2D eigenvalue weighted by atomic mass is 16.7. The van der Waals surface area contributed by atoms with E-state index in [1.807, 2.05) is 55.5 Å². The first kappa shape index (κ1) is 38.9. The predicted octanol–water partition coefficient (Wildman–Crippen LogP) is 8.96. The van der Waals surface area contributed by atoms with E-state index in [2.05, 4.69) is 71.6 Å². The van der Waals surface area contributed by atoms with Crippen molar-refractivity contribution in [3.05, 3.63) is 107 Å². The molecule has 9 nitrogen and oxygen atoms in total. The summed E-state index contributed by atoms with van der Waals surface area (Å²) in [6.07, 6.45) is 6.51. The minimum atomic E-state index is -0.319. The number of rotatable bonds is 16. The summed E-state index contributed by atoms with van der Waals surface area (Å²) in [5.41, 5.74) is 7.84. The number of hydrogen-bond acceptors (Lipinski definition) is 8. The molecule has 0 saturated carbocycles. The third kappa shape index (κ3) is 10.2. The number of methoxy groups -OCH3 is 2. The van der Waals surface area contributed by atoms with Crippen molar-refractivity contribution in [1.29, 1.82) is 0 Å². The lowest BCUT2D eigenvalue weighted by Gasteiger charge is -2.31. The Balaban J connectivity index is 1.22. The van der Waals surface area contributed by atoms with E-state index < -0.39 is 0 Å². The van der Waals surface area contributed by atoms with Gasteiger partial charge in [-0.15, -0.1) is 0 Å². The predicted molar refractivity (Wildman–Crippen MR) is 216 cm³/mol. The van der Waals surface area contributed by atoms with E-state index in [-0.39, 0.29) is 12.2 Å². The van der Waals surface area contributed by atoms with Crippen molar-refractivity contribution >= 4 is 23.4 Å². The van der Waals surface area contributed by atoms with Gasteiger partial charge in [-0.2, -0.15) is 0 Å². The fourth-order valence-electron chi connectivity index (χ4n) is 7.12. The van der Waals surface area contributed by atoms with Gasteiger partial charge in [-0.1, -0.05) is 43.7 Å². The normalized spacial score (nSPS) is 15.2. The van der Waals surface area contributed by atoms with Crippen molar-refractivity contribution < 1.29 is 28.5 Å². The number of carbonyl (C=O) groups is 1. The number of nitrogens with zero attached hydrogens (tertiary/aromatic N) is 2. The number of unbranched alkanes of at least 4 members (excludes halogenated alkanes) is 1. The van der Waals surface area contributed by atoms with Gasteiger partial charge in [0.15, 0.2) is 6.29 Å². The summed E-state index contributed by atoms with van der Waals surface area (Å²) in [4.78, 5) is 18.6. The summed E-state index contributed by atoms with van der Waals surface area (Å²) < 4.78 is 28.6. The van der Waals surface area contributed by atoms with E-state index in [0.717, 1.165) is 102 Å². The van der Waals surface area contributed by atoms with Crippen molar-refractivity contribution in [2.45, 2.75) is 71.4 Å². The zero-order chi connectivity index (χ0) is 37.9. The molecule has 0 radical (unpaired) electrons. The maximum atomic E-state index is 13.9. The number of ether oxygens (including phenoxy) is 5. The van der Waals surface area contributed by atoms with E-state index in [4.69, 9.17) is 23.7 Å². The van der Waals surface area contributed by atoms with Gasteiger partial charge < -0.3 is 33.9 Å². The van der Waals surface area contributed by atoms with E-state index in [1.165, 1.54) is 5.56 Å². The molecule has 0 spiro atoms. The summed E-state index contributed by atoms with van der Waals surface area (Å²) >= 11 is 0. The summed E-state index contributed by atoms with van der Waals surface area (Å²) in [5, 5.41) is 3.18. The molecule has 4 aromatic rings. The molecular formula is C45H55N3O6. The molecule has 2 aliphatic rings. The average molecular weight is 734 g/mol. The maximum absolute atomic E-state index is 13.9. The second-order valence-electron chi connectivity index (χ2n) is 14.1. The first-order valence-electron chi connectivity index (χ1n) is 19.2. The summed E-state index contributed by atoms with van der Waals surface area (Å²) in [6.45, 7) is 8.49. The van der Waals surface area contributed by atoms with E-state index in [0.29, 0.717) is 32.2 Å². The smallest absolute Gasteiger partial charge is 0.251 e. The van der Waals surface area contributed by atoms with E-state index in [9.17, 15) is 4.79 Å². The van der Waals surface area contributed by atoms with Crippen LogP contribution < -0.4 is 24.4 Å². The number of nitrogens with one attached hydrogen (secondary N) is 1. The molecule has 1 fully saturated rings. The lowest BCUT2D eigenvalue weighted by Crippen LogP contribution is -2.36. The zero-order valence-electron chi connectivity index (χ0n) is 32.4. The molecule has 1 N–H and O–H groups in total. The molecule has 2 aliphatic heterocycles. The molecule has 286 valence electrons. The van der Waals surface area contributed by atoms with Gasteiger partial charge in [0.1, 0.15) is 17.2 Å². The molecule has 1 unspecified atom stereocenters. The summed E-state index contributed by atoms with van der Waals surface area (Å²) in [6, 6.07) is 29.1. The number of carbonyl (C=O) groups excluding carboxylic acids is 1. The highest BCUT2D eigenvalue weighted by molar-refractivity contribution is 6.07. The van der Waals surface area contributed by atoms with Gasteiger partial charge in [0, 0.05) is 61.4 Å². The Morgan fingerprint density at radius 2 is 1.67 bits per heavy atom. The number of amides is 1.